The molecule has 1 amide bonds. The zero-order chi connectivity index (χ0) is 27.9. The lowest BCUT2D eigenvalue weighted by Crippen LogP contribution is -2.62. The number of nitrogens with zero attached hydrogens (tertiary/aromatic N) is 3. The molecule has 4 atom stereocenters. The fraction of sp³-hybridized carbons (Fsp3) is 0.500. The predicted octanol–water partition coefficient (Wildman–Crippen LogP) is 4.14. The van der Waals surface area contributed by atoms with Crippen molar-refractivity contribution in [3.8, 4) is 11.5 Å². The van der Waals surface area contributed by atoms with Gasteiger partial charge in [0, 0.05) is 49.7 Å². The average molecular weight is 553 g/mol. The summed E-state index contributed by atoms with van der Waals surface area (Å²) in [5, 5.41) is 0. The van der Waals surface area contributed by atoms with Gasteiger partial charge in [-0.1, -0.05) is 36.4 Å². The van der Waals surface area contributed by atoms with Crippen LogP contribution in [0.3, 0.4) is 0 Å². The van der Waals surface area contributed by atoms with E-state index >= 15 is 0 Å². The average Bonchev–Trinajstić information content (AvgIpc) is 3.53. The number of piperazine rings is 1. The SMILES string of the molecule is COc1ccc2c3c1O[C@H]1c4[nH]c(C(=O)N5CCN(CCc6ccccc6)CC5)c(C)c4CC4[C@@H](C2)N(C)CC[C@@]341. The number of ether oxygens (including phenoxy) is 2. The minimum Gasteiger partial charge on any atom is -0.493 e. The molecule has 2 bridgehead atoms. The Kier molecular flexibility index (Phi) is 5.81. The van der Waals surface area contributed by atoms with Crippen molar-refractivity contribution in [2.45, 2.75) is 50.2 Å². The lowest BCUT2D eigenvalue weighted by atomic mass is 9.51. The molecule has 1 N–H and O–H groups in total. The highest BCUT2D eigenvalue weighted by Crippen LogP contribution is 2.67. The van der Waals surface area contributed by atoms with Crippen LogP contribution in [0, 0.1) is 12.8 Å². The van der Waals surface area contributed by atoms with Crippen molar-refractivity contribution in [1.29, 1.82) is 0 Å². The van der Waals surface area contributed by atoms with Crippen LogP contribution in [0.1, 0.15) is 56.5 Å². The van der Waals surface area contributed by atoms with Crippen molar-refractivity contribution in [1.82, 2.24) is 19.7 Å². The molecular formula is C34H40N4O3. The van der Waals surface area contributed by atoms with E-state index in [0.717, 1.165) is 93.4 Å². The molecule has 2 aliphatic carbocycles. The molecule has 2 fully saturated rings. The molecule has 7 heteroatoms. The van der Waals surface area contributed by atoms with E-state index in [1.165, 1.54) is 22.3 Å². The van der Waals surface area contributed by atoms with Crippen molar-refractivity contribution < 1.29 is 14.3 Å². The van der Waals surface area contributed by atoms with E-state index in [2.05, 4.69) is 71.2 Å². The second-order valence-corrected chi connectivity index (χ2v) is 12.9. The summed E-state index contributed by atoms with van der Waals surface area (Å²) in [5.41, 5.74) is 8.40. The summed E-state index contributed by atoms with van der Waals surface area (Å²) in [6.45, 7) is 7.61. The van der Waals surface area contributed by atoms with Gasteiger partial charge in [-0.2, -0.15) is 0 Å². The number of piperidine rings is 1. The molecule has 41 heavy (non-hydrogen) atoms. The standard InChI is InChI=1S/C34H40N4O3/c1-21-24-20-25-26-19-23-9-10-27(40-3)31-28(23)34(25,12-14-36(26)2)32(41-31)30(24)35-29(21)33(39)38-17-15-37(16-18-38)13-11-22-7-5-4-6-8-22/h4-10,25-26,32,35H,11-20H2,1-3H3/t25?,26-,32+,34+/m1/s1. The zero-order valence-corrected chi connectivity index (χ0v) is 24.4. The van der Waals surface area contributed by atoms with Gasteiger partial charge in [0.25, 0.3) is 5.91 Å². The van der Waals surface area contributed by atoms with E-state index in [0.29, 0.717) is 12.0 Å². The van der Waals surface area contributed by atoms with E-state index in [9.17, 15) is 4.79 Å². The minimum absolute atomic E-state index is 0.0658. The second kappa shape index (κ2) is 9.36. The monoisotopic (exact) mass is 552 g/mol. The number of likely N-dealkylation sites (tertiary alicyclic amines) is 1. The predicted molar refractivity (Wildman–Crippen MR) is 158 cm³/mol. The van der Waals surface area contributed by atoms with Crippen LogP contribution >= 0.6 is 0 Å². The summed E-state index contributed by atoms with van der Waals surface area (Å²) >= 11 is 0. The van der Waals surface area contributed by atoms with Crippen molar-refractivity contribution in [3.63, 3.8) is 0 Å². The molecule has 7 nitrogen and oxygen atoms in total. The van der Waals surface area contributed by atoms with Gasteiger partial charge in [-0.3, -0.25) is 9.69 Å². The van der Waals surface area contributed by atoms with Gasteiger partial charge < -0.3 is 24.3 Å². The first kappa shape index (κ1) is 25.4. The number of fused-ring (bicyclic) bond motifs is 2. The molecule has 1 aromatic heterocycles. The Balaban J connectivity index is 1.08. The second-order valence-electron chi connectivity index (χ2n) is 12.9. The Bertz CT molecular complexity index is 1510. The number of hydrogen-bond donors (Lipinski definition) is 1. The molecule has 4 heterocycles. The topological polar surface area (TPSA) is 61.0 Å². The molecule has 2 aromatic carbocycles. The van der Waals surface area contributed by atoms with Crippen LogP contribution in [0.15, 0.2) is 42.5 Å². The van der Waals surface area contributed by atoms with E-state index in [1.54, 1.807) is 7.11 Å². The number of methoxy groups -OCH3 is 1. The lowest BCUT2D eigenvalue weighted by Gasteiger charge is -2.57. The number of amides is 1. The summed E-state index contributed by atoms with van der Waals surface area (Å²) in [4.78, 5) is 24.8. The Morgan fingerprint density at radius 2 is 1.88 bits per heavy atom. The highest BCUT2D eigenvalue weighted by molar-refractivity contribution is 5.94. The summed E-state index contributed by atoms with van der Waals surface area (Å²) in [5.74, 6) is 2.36. The van der Waals surface area contributed by atoms with E-state index in [4.69, 9.17) is 9.47 Å². The molecular weight excluding hydrogens is 512 g/mol. The van der Waals surface area contributed by atoms with Crippen LogP contribution in [0.2, 0.25) is 0 Å². The molecule has 214 valence electrons. The van der Waals surface area contributed by atoms with Crippen molar-refractivity contribution in [3.05, 3.63) is 81.7 Å². The van der Waals surface area contributed by atoms with E-state index in [-0.39, 0.29) is 17.4 Å². The number of likely N-dealkylation sites (N-methyl/N-ethyl adjacent to an activating group) is 1. The molecule has 2 saturated heterocycles. The highest BCUT2D eigenvalue weighted by Gasteiger charge is 2.65. The summed E-state index contributed by atoms with van der Waals surface area (Å²) in [6, 6.07) is 15.5. The number of aromatic amines is 1. The molecule has 3 aliphatic heterocycles. The first-order chi connectivity index (χ1) is 20.0. The Morgan fingerprint density at radius 1 is 1.07 bits per heavy atom. The van der Waals surface area contributed by atoms with Crippen LogP contribution in [0.4, 0.5) is 0 Å². The lowest BCUT2D eigenvalue weighted by molar-refractivity contribution is -0.0256. The quantitative estimate of drug-likeness (QED) is 0.516. The van der Waals surface area contributed by atoms with Crippen LogP contribution in [0.25, 0.3) is 0 Å². The fourth-order valence-corrected chi connectivity index (χ4v) is 8.92. The molecule has 1 spiro atoms. The Morgan fingerprint density at radius 3 is 2.66 bits per heavy atom. The Labute approximate surface area is 242 Å². The van der Waals surface area contributed by atoms with Gasteiger partial charge in [0.05, 0.1) is 12.8 Å². The van der Waals surface area contributed by atoms with Crippen LogP contribution < -0.4 is 9.47 Å². The number of rotatable bonds is 5. The van der Waals surface area contributed by atoms with Crippen LogP contribution in [-0.2, 0) is 24.7 Å². The number of nitrogens with one attached hydrogen (secondary N) is 1. The number of carbonyl (C=O) groups is 1. The highest BCUT2D eigenvalue weighted by atomic mass is 16.5. The van der Waals surface area contributed by atoms with Crippen LogP contribution in [0.5, 0.6) is 11.5 Å². The van der Waals surface area contributed by atoms with Gasteiger partial charge in [0.2, 0.25) is 0 Å². The third-order valence-corrected chi connectivity index (χ3v) is 11.1. The van der Waals surface area contributed by atoms with Gasteiger partial charge in [0.1, 0.15) is 11.8 Å². The molecule has 0 radical (unpaired) electrons. The first-order valence-corrected chi connectivity index (χ1v) is 15.3. The minimum atomic E-state index is -0.104. The first-order valence-electron chi connectivity index (χ1n) is 15.3. The van der Waals surface area contributed by atoms with Crippen molar-refractivity contribution >= 4 is 5.91 Å². The van der Waals surface area contributed by atoms with Gasteiger partial charge in [-0.25, -0.2) is 0 Å². The maximum absolute atomic E-state index is 14.0. The van der Waals surface area contributed by atoms with Gasteiger partial charge in [-0.15, -0.1) is 0 Å². The number of benzene rings is 2. The van der Waals surface area contributed by atoms with Crippen molar-refractivity contribution in [2.24, 2.45) is 5.92 Å². The van der Waals surface area contributed by atoms with Gasteiger partial charge in [0.15, 0.2) is 11.5 Å². The van der Waals surface area contributed by atoms with Crippen molar-refractivity contribution in [2.75, 3.05) is 53.4 Å². The number of carbonyl (C=O) groups excluding carboxylic acids is 1. The molecule has 3 aromatic rings. The maximum atomic E-state index is 14.0. The van der Waals surface area contributed by atoms with Gasteiger partial charge >= 0.3 is 0 Å². The number of aromatic nitrogens is 1. The third kappa shape index (κ3) is 3.61. The van der Waals surface area contributed by atoms with Gasteiger partial charge in [-0.05, 0) is 80.4 Å². The summed E-state index contributed by atoms with van der Waals surface area (Å²) < 4.78 is 12.7. The largest absolute Gasteiger partial charge is 0.493 e. The number of H-pyrrole nitrogens is 1. The molecule has 1 unspecified atom stereocenters. The number of hydrogen-bond acceptors (Lipinski definition) is 5. The van der Waals surface area contributed by atoms with Crippen LogP contribution in [-0.4, -0.2) is 85.1 Å². The fourth-order valence-electron chi connectivity index (χ4n) is 8.92. The summed E-state index contributed by atoms with van der Waals surface area (Å²) in [7, 11) is 4.02. The molecule has 8 rings (SSSR count). The maximum Gasteiger partial charge on any atom is 0.270 e. The Hall–Kier alpha value is -3.29. The van der Waals surface area contributed by atoms with E-state index in [1.807, 2.05) is 4.90 Å². The zero-order valence-electron chi connectivity index (χ0n) is 24.4. The molecule has 5 aliphatic rings. The third-order valence-electron chi connectivity index (χ3n) is 11.1. The normalized spacial score (nSPS) is 28.2. The molecule has 0 saturated carbocycles. The van der Waals surface area contributed by atoms with E-state index < -0.39 is 0 Å². The summed E-state index contributed by atoms with van der Waals surface area (Å²) in [6.07, 6.45) is 4.04. The smallest absolute Gasteiger partial charge is 0.270 e.